The highest BCUT2D eigenvalue weighted by atomic mass is 19.1. The molecule has 3 aromatic carbocycles. The van der Waals surface area contributed by atoms with Gasteiger partial charge in [-0.15, -0.1) is 0 Å². The maximum Gasteiger partial charge on any atom is 0.193 e. The molecule has 102 valence electrons. The van der Waals surface area contributed by atoms with Gasteiger partial charge < -0.3 is 0 Å². The summed E-state index contributed by atoms with van der Waals surface area (Å²) < 4.78 is 13.3. The molecule has 3 rings (SSSR count). The molecule has 0 aliphatic rings. The fourth-order valence-electron chi connectivity index (χ4n) is 2.34. The number of benzene rings is 3. The Morgan fingerprint density at radius 3 is 2.24 bits per heavy atom. The number of halogens is 1. The molecule has 0 N–H and O–H groups in total. The van der Waals surface area contributed by atoms with E-state index in [0.29, 0.717) is 11.1 Å². The first kappa shape index (κ1) is 13.3. The van der Waals surface area contributed by atoms with Gasteiger partial charge in [-0.3, -0.25) is 4.79 Å². The van der Waals surface area contributed by atoms with Gasteiger partial charge in [-0.05, 0) is 23.3 Å². The fraction of sp³-hybridized carbons (Fsp3) is 0. The van der Waals surface area contributed by atoms with Crippen molar-refractivity contribution in [2.45, 2.75) is 0 Å². The van der Waals surface area contributed by atoms with E-state index in [2.05, 4.69) is 0 Å². The lowest BCUT2D eigenvalue weighted by Gasteiger charge is -2.09. The molecule has 0 aliphatic heterocycles. The molecule has 0 saturated carbocycles. The van der Waals surface area contributed by atoms with Crippen molar-refractivity contribution in [3.05, 3.63) is 95.8 Å². The highest BCUT2D eigenvalue weighted by molar-refractivity contribution is 6.12. The zero-order valence-electron chi connectivity index (χ0n) is 11.3. The summed E-state index contributed by atoms with van der Waals surface area (Å²) in [6.07, 6.45) is 0. The van der Waals surface area contributed by atoms with E-state index >= 15 is 0 Å². The Hall–Kier alpha value is -2.74. The number of carbonyl (C=O) groups is 1. The van der Waals surface area contributed by atoms with Crippen LogP contribution in [0.5, 0.6) is 0 Å². The highest BCUT2D eigenvalue weighted by Gasteiger charge is 2.14. The van der Waals surface area contributed by atoms with Gasteiger partial charge >= 0.3 is 0 Å². The lowest BCUT2D eigenvalue weighted by molar-refractivity contribution is 0.103. The standard InChI is InChI=1S/C19H13FO/c20-16-10-6-9-15(13-16)19(21)18-12-5-4-11-17(18)14-7-2-1-3-8-14/h1-13H. The quantitative estimate of drug-likeness (QED) is 0.632. The van der Waals surface area contributed by atoms with E-state index in [1.807, 2.05) is 48.5 Å². The Labute approximate surface area is 122 Å². The third-order valence-corrected chi connectivity index (χ3v) is 3.34. The summed E-state index contributed by atoms with van der Waals surface area (Å²) in [5.41, 5.74) is 2.76. The molecule has 0 saturated heterocycles. The smallest absolute Gasteiger partial charge is 0.193 e. The van der Waals surface area contributed by atoms with Crippen molar-refractivity contribution in [3.63, 3.8) is 0 Å². The normalized spacial score (nSPS) is 10.3. The number of carbonyl (C=O) groups excluding carboxylic acids is 1. The molecule has 21 heavy (non-hydrogen) atoms. The highest BCUT2D eigenvalue weighted by Crippen LogP contribution is 2.25. The molecule has 0 heterocycles. The van der Waals surface area contributed by atoms with Crippen LogP contribution in [0.15, 0.2) is 78.9 Å². The monoisotopic (exact) mass is 276 g/mol. The second kappa shape index (κ2) is 5.71. The molecule has 0 bridgehead atoms. The van der Waals surface area contributed by atoms with Gasteiger partial charge in [-0.1, -0.05) is 66.7 Å². The van der Waals surface area contributed by atoms with Crippen molar-refractivity contribution in [1.29, 1.82) is 0 Å². The lowest BCUT2D eigenvalue weighted by Crippen LogP contribution is -2.03. The Kier molecular flexibility index (Phi) is 3.61. The second-order valence-electron chi connectivity index (χ2n) is 4.75. The van der Waals surface area contributed by atoms with Crippen molar-refractivity contribution in [2.24, 2.45) is 0 Å². The minimum atomic E-state index is -0.405. The molecular weight excluding hydrogens is 263 g/mol. The molecule has 1 nitrogen and oxygen atoms in total. The van der Waals surface area contributed by atoms with Gasteiger partial charge in [0, 0.05) is 11.1 Å². The first-order chi connectivity index (χ1) is 10.3. The molecular formula is C19H13FO. The molecule has 0 spiro atoms. The van der Waals surface area contributed by atoms with E-state index in [-0.39, 0.29) is 5.78 Å². The predicted molar refractivity (Wildman–Crippen MR) is 81.7 cm³/mol. The number of hydrogen-bond acceptors (Lipinski definition) is 1. The van der Waals surface area contributed by atoms with Gasteiger partial charge in [0.25, 0.3) is 0 Å². The fourth-order valence-corrected chi connectivity index (χ4v) is 2.34. The maximum atomic E-state index is 13.3. The van der Waals surface area contributed by atoms with Crippen LogP contribution in [-0.4, -0.2) is 5.78 Å². The van der Waals surface area contributed by atoms with Crippen LogP contribution >= 0.6 is 0 Å². The first-order valence-corrected chi connectivity index (χ1v) is 6.70. The largest absolute Gasteiger partial charge is 0.289 e. The lowest BCUT2D eigenvalue weighted by atomic mass is 9.94. The molecule has 0 aromatic heterocycles. The van der Waals surface area contributed by atoms with Gasteiger partial charge in [0.15, 0.2) is 5.78 Å². The minimum absolute atomic E-state index is 0.172. The van der Waals surface area contributed by atoms with Crippen LogP contribution in [0.25, 0.3) is 11.1 Å². The number of hydrogen-bond donors (Lipinski definition) is 0. The minimum Gasteiger partial charge on any atom is -0.289 e. The maximum absolute atomic E-state index is 13.3. The summed E-state index contributed by atoms with van der Waals surface area (Å²) in [6, 6.07) is 22.9. The summed E-state index contributed by atoms with van der Waals surface area (Å²) >= 11 is 0. The zero-order chi connectivity index (χ0) is 14.7. The summed E-state index contributed by atoms with van der Waals surface area (Å²) in [6.45, 7) is 0. The Balaban J connectivity index is 2.09. The van der Waals surface area contributed by atoms with Crippen molar-refractivity contribution < 1.29 is 9.18 Å². The van der Waals surface area contributed by atoms with Gasteiger partial charge in [-0.25, -0.2) is 4.39 Å². The summed E-state index contributed by atoms with van der Waals surface area (Å²) in [7, 11) is 0. The average Bonchev–Trinajstić information content (AvgIpc) is 2.55. The SMILES string of the molecule is O=C(c1cccc(F)c1)c1ccccc1-c1ccccc1. The van der Waals surface area contributed by atoms with Gasteiger partial charge in [-0.2, -0.15) is 0 Å². The molecule has 0 radical (unpaired) electrons. The average molecular weight is 276 g/mol. The molecule has 0 aliphatic carbocycles. The van der Waals surface area contributed by atoms with E-state index < -0.39 is 5.82 Å². The second-order valence-corrected chi connectivity index (χ2v) is 4.75. The molecule has 0 fully saturated rings. The van der Waals surface area contributed by atoms with Crippen molar-refractivity contribution in [1.82, 2.24) is 0 Å². The number of ketones is 1. The Morgan fingerprint density at radius 1 is 0.762 bits per heavy atom. The van der Waals surface area contributed by atoms with Crippen LogP contribution < -0.4 is 0 Å². The van der Waals surface area contributed by atoms with Crippen molar-refractivity contribution >= 4 is 5.78 Å². The van der Waals surface area contributed by atoms with E-state index in [1.54, 1.807) is 18.2 Å². The van der Waals surface area contributed by atoms with E-state index in [4.69, 9.17) is 0 Å². The van der Waals surface area contributed by atoms with E-state index in [1.165, 1.54) is 12.1 Å². The topological polar surface area (TPSA) is 17.1 Å². The molecule has 2 heteroatoms. The third kappa shape index (κ3) is 2.75. The molecule has 0 amide bonds. The van der Waals surface area contributed by atoms with Crippen LogP contribution in [0, 0.1) is 5.82 Å². The van der Waals surface area contributed by atoms with Crippen LogP contribution in [-0.2, 0) is 0 Å². The van der Waals surface area contributed by atoms with Gasteiger partial charge in [0.1, 0.15) is 5.82 Å². The molecule has 0 atom stereocenters. The summed E-state index contributed by atoms with van der Waals surface area (Å²) in [5.74, 6) is -0.577. The predicted octanol–water partition coefficient (Wildman–Crippen LogP) is 4.72. The van der Waals surface area contributed by atoms with Gasteiger partial charge in [0.05, 0.1) is 0 Å². The Morgan fingerprint density at radius 2 is 1.48 bits per heavy atom. The third-order valence-electron chi connectivity index (χ3n) is 3.34. The van der Waals surface area contributed by atoms with E-state index in [9.17, 15) is 9.18 Å². The van der Waals surface area contributed by atoms with Crippen molar-refractivity contribution in [3.8, 4) is 11.1 Å². The van der Waals surface area contributed by atoms with Crippen LogP contribution in [0.2, 0.25) is 0 Å². The molecule has 3 aromatic rings. The van der Waals surface area contributed by atoms with Crippen LogP contribution in [0.4, 0.5) is 4.39 Å². The van der Waals surface area contributed by atoms with Crippen LogP contribution in [0.1, 0.15) is 15.9 Å². The zero-order valence-corrected chi connectivity index (χ0v) is 11.3. The van der Waals surface area contributed by atoms with Crippen LogP contribution in [0.3, 0.4) is 0 Å². The summed E-state index contributed by atoms with van der Waals surface area (Å²) in [4.78, 5) is 12.6. The summed E-state index contributed by atoms with van der Waals surface area (Å²) in [5, 5.41) is 0. The van der Waals surface area contributed by atoms with E-state index in [0.717, 1.165) is 11.1 Å². The van der Waals surface area contributed by atoms with Gasteiger partial charge in [0.2, 0.25) is 0 Å². The van der Waals surface area contributed by atoms with Crippen molar-refractivity contribution in [2.75, 3.05) is 0 Å². The number of rotatable bonds is 3. The Bertz CT molecular complexity index is 778. The molecule has 0 unspecified atom stereocenters. The first-order valence-electron chi connectivity index (χ1n) is 6.70.